The van der Waals surface area contributed by atoms with Gasteiger partial charge in [0.1, 0.15) is 10.3 Å². The van der Waals surface area contributed by atoms with Crippen molar-refractivity contribution in [3.63, 3.8) is 0 Å². The van der Waals surface area contributed by atoms with Gasteiger partial charge in [0.05, 0.1) is 4.88 Å². The van der Waals surface area contributed by atoms with Crippen LogP contribution in [0.3, 0.4) is 0 Å². The molecule has 0 bridgehead atoms. The molecule has 0 saturated carbocycles. The first kappa shape index (κ1) is 18.8. The Morgan fingerprint density at radius 2 is 2.07 bits per heavy atom. The Hall–Kier alpha value is -2.55. The van der Waals surface area contributed by atoms with E-state index in [2.05, 4.69) is 50.6 Å². The van der Waals surface area contributed by atoms with E-state index in [1.54, 1.807) is 18.5 Å². The number of piperazine rings is 1. The predicted octanol–water partition coefficient (Wildman–Crippen LogP) is 1.84. The van der Waals surface area contributed by atoms with Crippen LogP contribution in [0, 0.1) is 6.92 Å². The van der Waals surface area contributed by atoms with Crippen molar-refractivity contribution >= 4 is 33.3 Å². The topological polar surface area (TPSA) is 96.2 Å². The quantitative estimate of drug-likeness (QED) is 0.609. The van der Waals surface area contributed by atoms with Crippen molar-refractivity contribution in [3.05, 3.63) is 52.7 Å². The van der Waals surface area contributed by atoms with Crippen molar-refractivity contribution < 1.29 is 4.79 Å². The zero-order chi connectivity index (χ0) is 19.5. The first-order chi connectivity index (χ1) is 13.6. The first-order valence-electron chi connectivity index (χ1n) is 9.42. The molecule has 1 unspecified atom stereocenters. The summed E-state index contributed by atoms with van der Waals surface area (Å²) in [6.45, 7) is 6.54. The fourth-order valence-corrected chi connectivity index (χ4v) is 4.33. The summed E-state index contributed by atoms with van der Waals surface area (Å²) in [6.07, 6.45) is 3.25. The summed E-state index contributed by atoms with van der Waals surface area (Å²) in [5, 5.41) is 6.30. The summed E-state index contributed by atoms with van der Waals surface area (Å²) in [7, 11) is 0. The second-order valence-electron chi connectivity index (χ2n) is 6.96. The summed E-state index contributed by atoms with van der Waals surface area (Å²) in [5.74, 6) is -0.144. The lowest BCUT2D eigenvalue weighted by molar-refractivity contribution is 0.0955. The number of aromatic nitrogens is 2. The number of thiophene rings is 1. The zero-order valence-corrected chi connectivity index (χ0v) is 16.6. The number of benzene rings is 1. The maximum Gasteiger partial charge on any atom is 0.261 e. The van der Waals surface area contributed by atoms with Gasteiger partial charge in [-0.3, -0.25) is 9.78 Å². The third-order valence-corrected chi connectivity index (χ3v) is 6.01. The molecule has 1 aromatic carbocycles. The summed E-state index contributed by atoms with van der Waals surface area (Å²) >= 11 is 1.34. The van der Waals surface area contributed by atoms with Gasteiger partial charge in [-0.25, -0.2) is 4.98 Å². The van der Waals surface area contributed by atoms with Crippen molar-refractivity contribution in [3.8, 4) is 0 Å². The van der Waals surface area contributed by atoms with E-state index >= 15 is 0 Å². The zero-order valence-electron chi connectivity index (χ0n) is 15.8. The molecule has 2 aromatic heterocycles. The van der Waals surface area contributed by atoms with E-state index < -0.39 is 0 Å². The molecule has 28 heavy (non-hydrogen) atoms. The molecule has 1 atom stereocenters. The number of nitrogens with one attached hydrogen (secondary N) is 2. The molecule has 1 saturated heterocycles. The van der Waals surface area contributed by atoms with Crippen LogP contribution in [0.15, 0.2) is 36.7 Å². The number of amides is 1. The van der Waals surface area contributed by atoms with Crippen LogP contribution in [0.1, 0.15) is 26.8 Å². The van der Waals surface area contributed by atoms with Gasteiger partial charge in [-0.05, 0) is 30.2 Å². The minimum atomic E-state index is -0.259. The highest BCUT2D eigenvalue weighted by Crippen LogP contribution is 2.24. The molecule has 1 amide bonds. The van der Waals surface area contributed by atoms with Gasteiger partial charge in [0.2, 0.25) is 0 Å². The van der Waals surface area contributed by atoms with Gasteiger partial charge in [0.15, 0.2) is 0 Å². The molecule has 1 aliphatic rings. The maximum atomic E-state index is 12.5. The fourth-order valence-electron chi connectivity index (χ4n) is 3.46. The van der Waals surface area contributed by atoms with E-state index in [-0.39, 0.29) is 11.9 Å². The van der Waals surface area contributed by atoms with Crippen LogP contribution in [0.2, 0.25) is 0 Å². The lowest BCUT2D eigenvalue weighted by Gasteiger charge is -2.31. The minimum absolute atomic E-state index is 0.144. The molecule has 8 heteroatoms. The van der Waals surface area contributed by atoms with Crippen LogP contribution in [-0.2, 0) is 0 Å². The Balaban J connectivity index is 1.39. The molecular weight excluding hydrogens is 372 g/mol. The van der Waals surface area contributed by atoms with Crippen LogP contribution in [-0.4, -0.2) is 48.6 Å². The van der Waals surface area contributed by atoms with Crippen LogP contribution in [0.5, 0.6) is 0 Å². The number of fused-ring (bicyclic) bond motifs is 1. The van der Waals surface area contributed by atoms with E-state index in [1.807, 2.05) is 0 Å². The average molecular weight is 397 g/mol. The maximum absolute atomic E-state index is 12.5. The normalized spacial score (nSPS) is 15.6. The number of nitrogens with two attached hydrogens (primary N) is 1. The third kappa shape index (κ3) is 3.99. The second-order valence-corrected chi connectivity index (χ2v) is 7.99. The van der Waals surface area contributed by atoms with Gasteiger partial charge in [0.25, 0.3) is 5.91 Å². The third-order valence-electron chi connectivity index (χ3n) is 4.98. The van der Waals surface area contributed by atoms with Crippen LogP contribution >= 0.6 is 11.3 Å². The van der Waals surface area contributed by atoms with E-state index in [9.17, 15) is 4.79 Å². The van der Waals surface area contributed by atoms with Gasteiger partial charge in [-0.1, -0.05) is 12.1 Å². The van der Waals surface area contributed by atoms with Crippen LogP contribution in [0.25, 0.3) is 10.3 Å². The number of rotatable bonds is 5. The van der Waals surface area contributed by atoms with Crippen molar-refractivity contribution in [2.24, 2.45) is 5.73 Å². The summed E-state index contributed by atoms with van der Waals surface area (Å²) < 4.78 is 0. The summed E-state index contributed by atoms with van der Waals surface area (Å²) in [5.41, 5.74) is 10.6. The van der Waals surface area contributed by atoms with Gasteiger partial charge in [0, 0.05) is 56.8 Å². The SMILES string of the molecule is Cc1cc(C(N)CNC(=O)c2cc3nccnc3s2)ccc1N1CCNCC1. The Labute approximate surface area is 168 Å². The van der Waals surface area contributed by atoms with Crippen LogP contribution in [0.4, 0.5) is 5.69 Å². The number of carbonyl (C=O) groups is 1. The number of carbonyl (C=O) groups excluding carboxylic acids is 1. The van der Waals surface area contributed by atoms with E-state index in [0.29, 0.717) is 11.4 Å². The van der Waals surface area contributed by atoms with E-state index in [0.717, 1.165) is 42.1 Å². The average Bonchev–Trinajstić information content (AvgIpc) is 3.16. The Kier molecular flexibility index (Phi) is 5.52. The van der Waals surface area contributed by atoms with Crippen molar-refractivity contribution in [2.45, 2.75) is 13.0 Å². The predicted molar refractivity (Wildman–Crippen MR) is 113 cm³/mol. The number of hydrogen-bond donors (Lipinski definition) is 3. The molecular formula is C20H24N6OS. The Morgan fingerprint density at radius 1 is 1.29 bits per heavy atom. The molecule has 1 fully saturated rings. The molecule has 3 heterocycles. The van der Waals surface area contributed by atoms with E-state index in [1.165, 1.54) is 22.6 Å². The molecule has 1 aliphatic heterocycles. The number of hydrogen-bond acceptors (Lipinski definition) is 7. The van der Waals surface area contributed by atoms with Gasteiger partial charge >= 0.3 is 0 Å². The Bertz CT molecular complexity index is 949. The number of nitrogens with zero attached hydrogens (tertiary/aromatic N) is 3. The van der Waals surface area contributed by atoms with Gasteiger partial charge in [-0.2, -0.15) is 0 Å². The molecule has 0 spiro atoms. The molecule has 3 aromatic rings. The standard InChI is InChI=1S/C20H24N6OS/c1-13-10-14(2-3-17(13)26-8-6-22-7-9-26)15(21)12-25-19(27)18-11-16-20(28-18)24-5-4-23-16/h2-5,10-11,15,22H,6-9,12,21H2,1H3,(H,25,27). The Morgan fingerprint density at radius 3 is 2.82 bits per heavy atom. The smallest absolute Gasteiger partial charge is 0.261 e. The van der Waals surface area contributed by atoms with Crippen molar-refractivity contribution in [2.75, 3.05) is 37.6 Å². The van der Waals surface area contributed by atoms with Crippen molar-refractivity contribution in [1.29, 1.82) is 0 Å². The van der Waals surface area contributed by atoms with Gasteiger partial charge < -0.3 is 21.3 Å². The molecule has 0 aliphatic carbocycles. The monoisotopic (exact) mass is 396 g/mol. The highest BCUT2D eigenvalue weighted by Gasteiger charge is 2.16. The molecule has 7 nitrogen and oxygen atoms in total. The van der Waals surface area contributed by atoms with Gasteiger partial charge in [-0.15, -0.1) is 11.3 Å². The lowest BCUT2D eigenvalue weighted by Crippen LogP contribution is -2.43. The fraction of sp³-hybridized carbons (Fsp3) is 0.350. The summed E-state index contributed by atoms with van der Waals surface area (Å²) in [4.78, 5) is 24.7. The molecule has 146 valence electrons. The molecule has 4 rings (SSSR count). The molecule has 0 radical (unpaired) electrons. The number of aryl methyl sites for hydroxylation is 1. The molecule has 4 N–H and O–H groups in total. The highest BCUT2D eigenvalue weighted by molar-refractivity contribution is 7.20. The minimum Gasteiger partial charge on any atom is -0.369 e. The largest absolute Gasteiger partial charge is 0.369 e. The van der Waals surface area contributed by atoms with Crippen molar-refractivity contribution in [1.82, 2.24) is 20.6 Å². The first-order valence-corrected chi connectivity index (χ1v) is 10.2. The second kappa shape index (κ2) is 8.22. The van der Waals surface area contributed by atoms with E-state index in [4.69, 9.17) is 5.73 Å². The summed E-state index contributed by atoms with van der Waals surface area (Å²) in [6, 6.07) is 7.84. The number of anilines is 1. The highest BCUT2D eigenvalue weighted by atomic mass is 32.1. The lowest BCUT2D eigenvalue weighted by atomic mass is 10.0. The van der Waals surface area contributed by atoms with Crippen LogP contribution < -0.4 is 21.3 Å².